The monoisotopic (exact) mass is 298 g/mol. The number of benzene rings is 2. The van der Waals surface area contributed by atoms with Crippen molar-refractivity contribution >= 4 is 12.1 Å². The molecule has 0 spiro atoms. The summed E-state index contributed by atoms with van der Waals surface area (Å²) in [5.41, 5.74) is 4.72. The predicted octanol–water partition coefficient (Wildman–Crippen LogP) is 2.78. The second-order valence-electron chi connectivity index (χ2n) is 4.62. The SMILES string of the molecule is COc1ccc(OC)c(C=NNC(=O)c2ccccc2C)c1. The molecule has 0 aliphatic heterocycles. The van der Waals surface area contributed by atoms with Crippen LogP contribution in [-0.4, -0.2) is 26.3 Å². The van der Waals surface area contributed by atoms with Crippen LogP contribution in [0.15, 0.2) is 47.6 Å². The van der Waals surface area contributed by atoms with Gasteiger partial charge in [-0.1, -0.05) is 18.2 Å². The number of aryl methyl sites for hydroxylation is 1. The maximum absolute atomic E-state index is 12.1. The molecule has 0 radical (unpaired) electrons. The molecule has 0 aliphatic rings. The Hall–Kier alpha value is -2.82. The third kappa shape index (κ3) is 3.63. The van der Waals surface area contributed by atoms with Crippen molar-refractivity contribution in [3.8, 4) is 11.5 Å². The summed E-state index contributed by atoms with van der Waals surface area (Å²) >= 11 is 0. The van der Waals surface area contributed by atoms with E-state index in [9.17, 15) is 4.79 Å². The van der Waals surface area contributed by atoms with Crippen LogP contribution in [0.3, 0.4) is 0 Å². The number of hydrazone groups is 1. The summed E-state index contributed by atoms with van der Waals surface area (Å²) in [4.78, 5) is 12.1. The van der Waals surface area contributed by atoms with E-state index in [2.05, 4.69) is 10.5 Å². The van der Waals surface area contributed by atoms with Crippen molar-refractivity contribution in [1.29, 1.82) is 0 Å². The molecule has 0 bridgehead atoms. The zero-order valence-electron chi connectivity index (χ0n) is 12.8. The van der Waals surface area contributed by atoms with Crippen molar-refractivity contribution in [3.05, 3.63) is 59.2 Å². The fourth-order valence-corrected chi connectivity index (χ4v) is 1.99. The number of amides is 1. The lowest BCUT2D eigenvalue weighted by Crippen LogP contribution is -2.18. The van der Waals surface area contributed by atoms with E-state index in [4.69, 9.17) is 9.47 Å². The van der Waals surface area contributed by atoms with E-state index < -0.39 is 0 Å². The minimum Gasteiger partial charge on any atom is -0.497 e. The number of methoxy groups -OCH3 is 2. The minimum absolute atomic E-state index is 0.254. The van der Waals surface area contributed by atoms with Crippen molar-refractivity contribution < 1.29 is 14.3 Å². The van der Waals surface area contributed by atoms with Crippen LogP contribution in [0.2, 0.25) is 0 Å². The van der Waals surface area contributed by atoms with Crippen LogP contribution in [0.1, 0.15) is 21.5 Å². The number of nitrogens with zero attached hydrogens (tertiary/aromatic N) is 1. The molecule has 0 saturated carbocycles. The van der Waals surface area contributed by atoms with Gasteiger partial charge in [0, 0.05) is 11.1 Å². The Bertz CT molecular complexity index is 696. The molecule has 22 heavy (non-hydrogen) atoms. The second kappa shape index (κ2) is 7.26. The molecule has 2 aromatic rings. The molecule has 0 aromatic heterocycles. The van der Waals surface area contributed by atoms with Crippen LogP contribution in [0.4, 0.5) is 0 Å². The Kier molecular flexibility index (Phi) is 5.14. The highest BCUT2D eigenvalue weighted by Crippen LogP contribution is 2.22. The molecule has 0 saturated heterocycles. The number of carbonyl (C=O) groups excluding carboxylic acids is 1. The number of hydrogen-bond donors (Lipinski definition) is 1. The number of carbonyl (C=O) groups is 1. The first kappa shape index (κ1) is 15.6. The fourth-order valence-electron chi connectivity index (χ4n) is 1.99. The van der Waals surface area contributed by atoms with E-state index in [-0.39, 0.29) is 5.91 Å². The lowest BCUT2D eigenvalue weighted by Gasteiger charge is -2.07. The van der Waals surface area contributed by atoms with Gasteiger partial charge in [0.25, 0.3) is 5.91 Å². The molecular formula is C17H18N2O3. The molecule has 0 fully saturated rings. The van der Waals surface area contributed by atoms with E-state index in [1.807, 2.05) is 25.1 Å². The van der Waals surface area contributed by atoms with E-state index in [0.29, 0.717) is 22.6 Å². The third-order valence-corrected chi connectivity index (χ3v) is 3.20. The highest BCUT2D eigenvalue weighted by Gasteiger charge is 2.07. The van der Waals surface area contributed by atoms with Gasteiger partial charge in [-0.05, 0) is 36.8 Å². The predicted molar refractivity (Wildman–Crippen MR) is 85.8 cm³/mol. The summed E-state index contributed by atoms with van der Waals surface area (Å²) < 4.78 is 10.4. The Balaban J connectivity index is 2.12. The van der Waals surface area contributed by atoms with Crippen molar-refractivity contribution in [2.24, 2.45) is 5.10 Å². The van der Waals surface area contributed by atoms with Crippen LogP contribution >= 0.6 is 0 Å². The van der Waals surface area contributed by atoms with Crippen LogP contribution in [0, 0.1) is 6.92 Å². The van der Waals surface area contributed by atoms with Gasteiger partial charge in [0.2, 0.25) is 0 Å². The van der Waals surface area contributed by atoms with E-state index in [0.717, 1.165) is 5.56 Å². The van der Waals surface area contributed by atoms with Gasteiger partial charge in [-0.15, -0.1) is 0 Å². The minimum atomic E-state index is -0.254. The Morgan fingerprint density at radius 2 is 1.91 bits per heavy atom. The normalized spacial score (nSPS) is 10.5. The van der Waals surface area contributed by atoms with E-state index >= 15 is 0 Å². The standard InChI is InChI=1S/C17H18N2O3/c1-12-6-4-5-7-15(12)17(20)19-18-11-13-10-14(21-2)8-9-16(13)22-3/h4-11H,1-3H3,(H,19,20). The molecule has 1 amide bonds. The Morgan fingerprint density at radius 1 is 1.14 bits per heavy atom. The molecule has 5 nitrogen and oxygen atoms in total. The summed E-state index contributed by atoms with van der Waals surface area (Å²) in [6.45, 7) is 1.88. The Labute approximate surface area is 129 Å². The largest absolute Gasteiger partial charge is 0.497 e. The van der Waals surface area contributed by atoms with E-state index in [1.54, 1.807) is 38.5 Å². The number of hydrogen-bond acceptors (Lipinski definition) is 4. The summed E-state index contributed by atoms with van der Waals surface area (Å²) in [5, 5.41) is 3.98. The van der Waals surface area contributed by atoms with Crippen LogP contribution in [-0.2, 0) is 0 Å². The fraction of sp³-hybridized carbons (Fsp3) is 0.176. The van der Waals surface area contributed by atoms with Gasteiger partial charge >= 0.3 is 0 Å². The average molecular weight is 298 g/mol. The van der Waals surface area contributed by atoms with Gasteiger partial charge in [-0.3, -0.25) is 4.79 Å². The van der Waals surface area contributed by atoms with Crippen molar-refractivity contribution in [2.75, 3.05) is 14.2 Å². The zero-order valence-corrected chi connectivity index (χ0v) is 12.8. The third-order valence-electron chi connectivity index (χ3n) is 3.20. The highest BCUT2D eigenvalue weighted by molar-refractivity contribution is 5.96. The number of rotatable bonds is 5. The first-order chi connectivity index (χ1) is 10.7. The van der Waals surface area contributed by atoms with Gasteiger partial charge in [0.15, 0.2) is 0 Å². The maximum atomic E-state index is 12.1. The summed E-state index contributed by atoms with van der Waals surface area (Å²) in [7, 11) is 3.16. The highest BCUT2D eigenvalue weighted by atomic mass is 16.5. The molecule has 0 atom stereocenters. The Morgan fingerprint density at radius 3 is 2.59 bits per heavy atom. The molecule has 114 valence electrons. The molecule has 2 rings (SSSR count). The van der Waals surface area contributed by atoms with E-state index in [1.165, 1.54) is 6.21 Å². The number of nitrogens with one attached hydrogen (secondary N) is 1. The summed E-state index contributed by atoms with van der Waals surface area (Å²) in [5.74, 6) is 1.08. The molecular weight excluding hydrogens is 280 g/mol. The van der Waals surface area contributed by atoms with Gasteiger partial charge < -0.3 is 9.47 Å². The molecule has 2 aromatic carbocycles. The molecule has 0 aliphatic carbocycles. The topological polar surface area (TPSA) is 59.9 Å². The first-order valence-corrected chi connectivity index (χ1v) is 6.76. The average Bonchev–Trinajstić information content (AvgIpc) is 2.55. The van der Waals surface area contributed by atoms with Crippen LogP contribution in [0.5, 0.6) is 11.5 Å². The van der Waals surface area contributed by atoms with Crippen molar-refractivity contribution in [3.63, 3.8) is 0 Å². The lowest BCUT2D eigenvalue weighted by molar-refractivity contribution is 0.0954. The number of ether oxygens (including phenoxy) is 2. The van der Waals surface area contributed by atoms with Crippen LogP contribution < -0.4 is 14.9 Å². The summed E-state index contributed by atoms with van der Waals surface area (Å²) in [6.07, 6.45) is 1.53. The molecule has 0 unspecified atom stereocenters. The van der Waals surface area contributed by atoms with Gasteiger partial charge in [-0.25, -0.2) is 5.43 Å². The zero-order chi connectivity index (χ0) is 15.9. The van der Waals surface area contributed by atoms with Crippen LogP contribution in [0.25, 0.3) is 0 Å². The van der Waals surface area contributed by atoms with Gasteiger partial charge in [-0.2, -0.15) is 5.10 Å². The quantitative estimate of drug-likeness (QED) is 0.682. The molecule has 1 N–H and O–H groups in total. The summed E-state index contributed by atoms with van der Waals surface area (Å²) in [6, 6.07) is 12.7. The van der Waals surface area contributed by atoms with Crippen molar-refractivity contribution in [2.45, 2.75) is 6.92 Å². The lowest BCUT2D eigenvalue weighted by atomic mass is 10.1. The van der Waals surface area contributed by atoms with Gasteiger partial charge in [0.05, 0.1) is 20.4 Å². The first-order valence-electron chi connectivity index (χ1n) is 6.76. The maximum Gasteiger partial charge on any atom is 0.271 e. The molecule has 5 heteroatoms. The van der Waals surface area contributed by atoms with Gasteiger partial charge in [0.1, 0.15) is 11.5 Å². The second-order valence-corrected chi connectivity index (χ2v) is 4.62. The smallest absolute Gasteiger partial charge is 0.271 e. The molecule has 0 heterocycles. The van der Waals surface area contributed by atoms with Crippen molar-refractivity contribution in [1.82, 2.24) is 5.43 Å².